The zero-order chi connectivity index (χ0) is 7.02. The van der Waals surface area contributed by atoms with Gasteiger partial charge < -0.3 is 4.90 Å². The van der Waals surface area contributed by atoms with Crippen molar-refractivity contribution in [3.8, 4) is 0 Å². The summed E-state index contributed by atoms with van der Waals surface area (Å²) in [4.78, 5) is 12.7. The second-order valence-electron chi connectivity index (χ2n) is 2.70. The topological polar surface area (TPSA) is 20.3 Å². The van der Waals surface area contributed by atoms with E-state index in [1.165, 1.54) is 0 Å². The highest BCUT2D eigenvalue weighted by Crippen LogP contribution is 2.26. The summed E-state index contributed by atoms with van der Waals surface area (Å²) in [6.07, 6.45) is 0.990. The highest BCUT2D eigenvalue weighted by molar-refractivity contribution is 5.85. The van der Waals surface area contributed by atoms with Crippen molar-refractivity contribution >= 4 is 5.91 Å². The third-order valence-electron chi connectivity index (χ3n) is 2.30. The number of nitrogens with zero attached hydrogens (tertiary/aromatic N) is 1. The molecule has 0 saturated carbocycles. The maximum Gasteiger partial charge on any atom is 0.227 e. The quantitative estimate of drug-likeness (QED) is 0.479. The summed E-state index contributed by atoms with van der Waals surface area (Å²) in [5, 5.41) is 0. The predicted molar refractivity (Wildman–Crippen MR) is 36.0 cm³/mol. The van der Waals surface area contributed by atoms with E-state index in [2.05, 4.69) is 13.8 Å². The third kappa shape index (κ3) is 0.732. The molecule has 0 radical (unpaired) electrons. The number of rotatable bonds is 1. The van der Waals surface area contributed by atoms with Gasteiger partial charge >= 0.3 is 0 Å². The van der Waals surface area contributed by atoms with Crippen LogP contribution in [0, 0.1) is 5.92 Å². The first-order valence-electron chi connectivity index (χ1n) is 3.45. The highest BCUT2D eigenvalue weighted by Gasteiger charge is 2.39. The molecule has 1 heterocycles. The van der Waals surface area contributed by atoms with Gasteiger partial charge in [-0.15, -0.1) is 0 Å². The van der Waals surface area contributed by atoms with Crippen LogP contribution in [0.25, 0.3) is 0 Å². The number of amides is 1. The fourth-order valence-electron chi connectivity index (χ4n) is 1.37. The Labute approximate surface area is 55.8 Å². The van der Waals surface area contributed by atoms with Crippen LogP contribution in [0.4, 0.5) is 0 Å². The van der Waals surface area contributed by atoms with Gasteiger partial charge in [0.1, 0.15) is 0 Å². The van der Waals surface area contributed by atoms with Crippen molar-refractivity contribution in [1.82, 2.24) is 4.90 Å². The molecule has 1 aliphatic rings. The SMILES string of the molecule is CC[C@@H]1C(=O)N(C)[C@H]1C. The zero-order valence-corrected chi connectivity index (χ0v) is 6.22. The number of likely N-dealkylation sites (tertiary alicyclic amines) is 1. The fraction of sp³-hybridized carbons (Fsp3) is 0.857. The molecule has 2 nitrogen and oxygen atoms in total. The standard InChI is InChI=1S/C7H13NO/c1-4-6-5(2)8(3)7(6)9/h5-6H,4H2,1-3H3/t5-,6-/m0/s1. The molecule has 0 bridgehead atoms. The van der Waals surface area contributed by atoms with Gasteiger partial charge in [-0.1, -0.05) is 6.92 Å². The third-order valence-corrected chi connectivity index (χ3v) is 2.30. The summed E-state index contributed by atoms with van der Waals surface area (Å²) in [6.45, 7) is 4.15. The molecule has 0 aromatic heterocycles. The van der Waals surface area contributed by atoms with E-state index < -0.39 is 0 Å². The maximum absolute atomic E-state index is 10.9. The Hall–Kier alpha value is -0.530. The Morgan fingerprint density at radius 2 is 2.22 bits per heavy atom. The van der Waals surface area contributed by atoms with Crippen molar-refractivity contribution in [1.29, 1.82) is 0 Å². The first-order valence-corrected chi connectivity index (χ1v) is 3.45. The van der Waals surface area contributed by atoms with Gasteiger partial charge in [0.2, 0.25) is 5.91 Å². The first-order chi connectivity index (χ1) is 4.18. The van der Waals surface area contributed by atoms with Gasteiger partial charge in [0.15, 0.2) is 0 Å². The van der Waals surface area contributed by atoms with Crippen molar-refractivity contribution in [2.24, 2.45) is 5.92 Å². The van der Waals surface area contributed by atoms with Crippen LogP contribution >= 0.6 is 0 Å². The van der Waals surface area contributed by atoms with Crippen LogP contribution in [-0.2, 0) is 4.79 Å². The van der Waals surface area contributed by atoms with E-state index in [-0.39, 0.29) is 0 Å². The van der Waals surface area contributed by atoms with Crippen LogP contribution < -0.4 is 0 Å². The van der Waals surface area contributed by atoms with Gasteiger partial charge in [-0.2, -0.15) is 0 Å². The number of carbonyl (C=O) groups is 1. The van der Waals surface area contributed by atoms with E-state index in [9.17, 15) is 4.79 Å². The van der Waals surface area contributed by atoms with Crippen molar-refractivity contribution < 1.29 is 4.79 Å². The number of hydrogen-bond donors (Lipinski definition) is 0. The fourth-order valence-corrected chi connectivity index (χ4v) is 1.37. The first kappa shape index (κ1) is 6.59. The Morgan fingerprint density at radius 3 is 2.44 bits per heavy atom. The summed E-state index contributed by atoms with van der Waals surface area (Å²) < 4.78 is 0. The number of carbonyl (C=O) groups excluding carboxylic acids is 1. The second kappa shape index (κ2) is 2.01. The second-order valence-corrected chi connectivity index (χ2v) is 2.70. The van der Waals surface area contributed by atoms with E-state index in [1.54, 1.807) is 4.90 Å². The predicted octanol–water partition coefficient (Wildman–Crippen LogP) is 0.873. The highest BCUT2D eigenvalue weighted by atomic mass is 16.2. The molecule has 1 amide bonds. The van der Waals surface area contributed by atoms with Gasteiger partial charge in [0, 0.05) is 13.1 Å². The van der Waals surface area contributed by atoms with E-state index in [4.69, 9.17) is 0 Å². The van der Waals surface area contributed by atoms with Gasteiger partial charge in [-0.25, -0.2) is 0 Å². The Balaban J connectivity index is 2.51. The monoisotopic (exact) mass is 127 g/mol. The van der Waals surface area contributed by atoms with E-state index in [1.807, 2.05) is 7.05 Å². The average Bonchev–Trinajstić information content (AvgIpc) is 1.89. The lowest BCUT2D eigenvalue weighted by Crippen LogP contribution is -2.56. The number of hydrogen-bond acceptors (Lipinski definition) is 1. The average molecular weight is 127 g/mol. The molecule has 2 heteroatoms. The molecule has 0 N–H and O–H groups in total. The Morgan fingerprint density at radius 1 is 1.67 bits per heavy atom. The molecule has 1 aliphatic heterocycles. The molecular formula is C7H13NO. The summed E-state index contributed by atoms with van der Waals surface area (Å²) >= 11 is 0. The van der Waals surface area contributed by atoms with Crippen molar-refractivity contribution in [2.45, 2.75) is 26.3 Å². The number of β-lactam (4-membered cyclic amide) rings is 1. The molecule has 0 aromatic carbocycles. The molecule has 1 saturated heterocycles. The maximum atomic E-state index is 10.9. The van der Waals surface area contributed by atoms with Gasteiger partial charge in [-0.05, 0) is 13.3 Å². The Bertz CT molecular complexity index is 133. The van der Waals surface area contributed by atoms with Crippen molar-refractivity contribution in [2.75, 3.05) is 7.05 Å². The molecular weight excluding hydrogens is 114 g/mol. The van der Waals surface area contributed by atoms with Gasteiger partial charge in [-0.3, -0.25) is 4.79 Å². The van der Waals surface area contributed by atoms with E-state index >= 15 is 0 Å². The van der Waals surface area contributed by atoms with Crippen LogP contribution in [0.15, 0.2) is 0 Å². The van der Waals surface area contributed by atoms with Crippen LogP contribution in [0.1, 0.15) is 20.3 Å². The molecule has 0 spiro atoms. The van der Waals surface area contributed by atoms with Crippen molar-refractivity contribution in [3.05, 3.63) is 0 Å². The lowest BCUT2D eigenvalue weighted by atomic mass is 9.87. The van der Waals surface area contributed by atoms with Crippen LogP contribution in [0.5, 0.6) is 0 Å². The zero-order valence-electron chi connectivity index (χ0n) is 6.22. The molecule has 1 rings (SSSR count). The molecule has 52 valence electrons. The summed E-state index contributed by atoms with van der Waals surface area (Å²) in [5.41, 5.74) is 0. The summed E-state index contributed by atoms with van der Waals surface area (Å²) in [5.74, 6) is 0.625. The van der Waals surface area contributed by atoms with Crippen LogP contribution in [0.3, 0.4) is 0 Å². The smallest absolute Gasteiger partial charge is 0.227 e. The van der Waals surface area contributed by atoms with Gasteiger partial charge in [0.05, 0.1) is 5.92 Å². The largest absolute Gasteiger partial charge is 0.342 e. The molecule has 0 unspecified atom stereocenters. The molecule has 9 heavy (non-hydrogen) atoms. The minimum atomic E-state index is 0.310. The van der Waals surface area contributed by atoms with Crippen molar-refractivity contribution in [3.63, 3.8) is 0 Å². The van der Waals surface area contributed by atoms with Crippen LogP contribution in [0.2, 0.25) is 0 Å². The Kier molecular flexibility index (Phi) is 1.47. The molecule has 2 atom stereocenters. The lowest BCUT2D eigenvalue weighted by molar-refractivity contribution is -0.152. The minimum Gasteiger partial charge on any atom is -0.342 e. The molecule has 1 fully saturated rings. The minimum absolute atomic E-state index is 0.310. The van der Waals surface area contributed by atoms with Gasteiger partial charge in [0.25, 0.3) is 0 Å². The van der Waals surface area contributed by atoms with Crippen LogP contribution in [-0.4, -0.2) is 23.9 Å². The normalized spacial score (nSPS) is 34.6. The van der Waals surface area contributed by atoms with E-state index in [0.717, 1.165) is 6.42 Å². The summed E-state index contributed by atoms with van der Waals surface area (Å²) in [6, 6.07) is 0.475. The lowest BCUT2D eigenvalue weighted by Gasteiger charge is -2.42. The molecule has 0 aliphatic carbocycles. The summed E-state index contributed by atoms with van der Waals surface area (Å²) in [7, 11) is 1.86. The van der Waals surface area contributed by atoms with E-state index in [0.29, 0.717) is 17.9 Å². The molecule has 0 aromatic rings.